The first-order chi connectivity index (χ1) is 9.28. The number of thiophene rings is 1. The van der Waals surface area contributed by atoms with Crippen molar-refractivity contribution in [2.75, 3.05) is 0 Å². The Balaban J connectivity index is 0.00000147. The Bertz CT molecular complexity index is 680. The highest BCUT2D eigenvalue weighted by Gasteiger charge is 2.15. The van der Waals surface area contributed by atoms with Crippen LogP contribution in [0.15, 0.2) is 45.5 Å². The number of aromatic nitrogens is 1. The summed E-state index contributed by atoms with van der Waals surface area (Å²) in [5, 5.41) is 3.95. The van der Waals surface area contributed by atoms with Crippen molar-refractivity contribution >= 4 is 23.7 Å². The topological polar surface area (TPSA) is 52.0 Å². The predicted octanol–water partition coefficient (Wildman–Crippen LogP) is 4.09. The summed E-state index contributed by atoms with van der Waals surface area (Å²) in [6, 6.07) is 7.99. The van der Waals surface area contributed by atoms with Crippen LogP contribution in [0.2, 0.25) is 0 Å². The molecule has 2 N–H and O–H groups in total. The van der Waals surface area contributed by atoms with Crippen LogP contribution in [0, 0.1) is 5.82 Å². The van der Waals surface area contributed by atoms with Crippen molar-refractivity contribution in [2.24, 2.45) is 5.73 Å². The summed E-state index contributed by atoms with van der Waals surface area (Å²) in [4.78, 5) is 4.38. The first-order valence-electron chi connectivity index (χ1n) is 5.76. The van der Waals surface area contributed by atoms with E-state index in [1.807, 2.05) is 16.8 Å². The second-order valence-corrected chi connectivity index (χ2v) is 4.80. The molecule has 0 aliphatic carbocycles. The lowest BCUT2D eigenvalue weighted by Gasteiger charge is -1.95. The molecule has 0 radical (unpaired) electrons. The van der Waals surface area contributed by atoms with E-state index in [4.69, 9.17) is 10.2 Å². The minimum atomic E-state index is -0.285. The van der Waals surface area contributed by atoms with Crippen LogP contribution in [0.4, 0.5) is 4.39 Å². The number of benzene rings is 1. The molecule has 0 bridgehead atoms. The summed E-state index contributed by atoms with van der Waals surface area (Å²) >= 11 is 1.58. The van der Waals surface area contributed by atoms with Crippen LogP contribution >= 0.6 is 23.7 Å². The maximum Gasteiger partial charge on any atom is 0.227 e. The summed E-state index contributed by atoms with van der Waals surface area (Å²) in [7, 11) is 0. The molecule has 0 saturated carbocycles. The molecular weight excluding hydrogens is 299 g/mol. The van der Waals surface area contributed by atoms with E-state index < -0.39 is 0 Å². The third kappa shape index (κ3) is 2.75. The van der Waals surface area contributed by atoms with E-state index >= 15 is 0 Å². The maximum atomic E-state index is 12.9. The largest absolute Gasteiger partial charge is 0.436 e. The fourth-order valence-corrected chi connectivity index (χ4v) is 2.46. The van der Waals surface area contributed by atoms with Crippen molar-refractivity contribution in [3.8, 4) is 22.8 Å². The monoisotopic (exact) mass is 310 g/mol. The van der Waals surface area contributed by atoms with Gasteiger partial charge in [0.1, 0.15) is 11.5 Å². The Morgan fingerprint density at radius 1 is 1.15 bits per heavy atom. The zero-order valence-corrected chi connectivity index (χ0v) is 12.0. The molecule has 0 saturated heterocycles. The molecule has 2 heterocycles. The van der Waals surface area contributed by atoms with E-state index in [-0.39, 0.29) is 18.2 Å². The number of hydrogen-bond acceptors (Lipinski definition) is 4. The molecule has 3 rings (SSSR count). The van der Waals surface area contributed by atoms with Gasteiger partial charge in [-0.2, -0.15) is 11.3 Å². The quantitative estimate of drug-likeness (QED) is 0.792. The van der Waals surface area contributed by atoms with Crippen molar-refractivity contribution in [3.63, 3.8) is 0 Å². The Morgan fingerprint density at radius 3 is 2.50 bits per heavy atom. The zero-order valence-electron chi connectivity index (χ0n) is 10.4. The van der Waals surface area contributed by atoms with Crippen LogP contribution in [0.3, 0.4) is 0 Å². The first kappa shape index (κ1) is 14.7. The normalized spacial score (nSPS) is 10.3. The van der Waals surface area contributed by atoms with Gasteiger partial charge in [-0.15, -0.1) is 12.4 Å². The Labute approximate surface area is 125 Å². The average molecular weight is 311 g/mol. The Kier molecular flexibility index (Phi) is 4.54. The molecule has 0 aliphatic heterocycles. The second kappa shape index (κ2) is 6.17. The SMILES string of the molecule is Cl.NCc1nc(-c2ccc(F)cc2)oc1-c1ccsc1. The van der Waals surface area contributed by atoms with Crippen LogP contribution in [0.5, 0.6) is 0 Å². The van der Waals surface area contributed by atoms with Gasteiger partial charge in [0, 0.05) is 23.1 Å². The summed E-state index contributed by atoms with van der Waals surface area (Å²) in [5.74, 6) is 0.858. The number of nitrogens with zero attached hydrogens (tertiary/aromatic N) is 1. The lowest BCUT2D eigenvalue weighted by atomic mass is 10.2. The van der Waals surface area contributed by atoms with Crippen LogP contribution in [-0.4, -0.2) is 4.98 Å². The van der Waals surface area contributed by atoms with E-state index in [1.54, 1.807) is 23.5 Å². The Morgan fingerprint density at radius 2 is 1.90 bits per heavy atom. The third-order valence-corrected chi connectivity index (χ3v) is 3.45. The molecular formula is C14H12ClFN2OS. The maximum absolute atomic E-state index is 12.9. The summed E-state index contributed by atoms with van der Waals surface area (Å²) in [6.45, 7) is 0.301. The molecule has 3 aromatic rings. The van der Waals surface area contributed by atoms with Crippen molar-refractivity contribution < 1.29 is 8.81 Å². The molecule has 0 aliphatic rings. The van der Waals surface area contributed by atoms with E-state index in [0.717, 1.165) is 11.1 Å². The van der Waals surface area contributed by atoms with Gasteiger partial charge in [-0.25, -0.2) is 9.37 Å². The minimum absolute atomic E-state index is 0. The zero-order chi connectivity index (χ0) is 13.2. The standard InChI is InChI=1S/C14H11FN2OS.ClH/c15-11-3-1-9(2-4-11)14-17-12(7-16)13(18-14)10-5-6-19-8-10;/h1-6,8H,7,16H2;1H. The molecule has 0 unspecified atom stereocenters. The van der Waals surface area contributed by atoms with E-state index in [1.165, 1.54) is 12.1 Å². The van der Waals surface area contributed by atoms with Crippen molar-refractivity contribution in [1.29, 1.82) is 0 Å². The molecule has 2 aromatic heterocycles. The number of oxazole rings is 1. The molecule has 6 heteroatoms. The molecule has 104 valence electrons. The molecule has 1 aromatic carbocycles. The molecule has 0 amide bonds. The molecule has 0 atom stereocenters. The highest BCUT2D eigenvalue weighted by atomic mass is 35.5. The van der Waals surface area contributed by atoms with Gasteiger partial charge in [0.05, 0.1) is 0 Å². The van der Waals surface area contributed by atoms with Crippen LogP contribution in [-0.2, 0) is 6.54 Å². The molecule has 20 heavy (non-hydrogen) atoms. The van der Waals surface area contributed by atoms with Crippen LogP contribution < -0.4 is 5.73 Å². The Hall–Kier alpha value is -1.69. The lowest BCUT2D eigenvalue weighted by Crippen LogP contribution is -1.98. The van der Waals surface area contributed by atoms with Gasteiger partial charge in [0.15, 0.2) is 5.76 Å². The van der Waals surface area contributed by atoms with Gasteiger partial charge in [0.25, 0.3) is 0 Å². The van der Waals surface area contributed by atoms with Gasteiger partial charge < -0.3 is 10.2 Å². The van der Waals surface area contributed by atoms with Gasteiger partial charge in [-0.1, -0.05) is 0 Å². The third-order valence-electron chi connectivity index (χ3n) is 2.77. The number of hydrogen-bond donors (Lipinski definition) is 1. The first-order valence-corrected chi connectivity index (χ1v) is 6.70. The van der Waals surface area contributed by atoms with Crippen molar-refractivity contribution in [1.82, 2.24) is 4.98 Å². The average Bonchev–Trinajstić information content (AvgIpc) is 3.08. The van der Waals surface area contributed by atoms with Crippen LogP contribution in [0.25, 0.3) is 22.8 Å². The highest BCUT2D eigenvalue weighted by Crippen LogP contribution is 2.30. The van der Waals surface area contributed by atoms with E-state index in [0.29, 0.717) is 23.9 Å². The summed E-state index contributed by atoms with van der Waals surface area (Å²) in [6.07, 6.45) is 0. The number of nitrogens with two attached hydrogens (primary N) is 1. The molecule has 0 fully saturated rings. The van der Waals surface area contributed by atoms with Gasteiger partial charge in [0.2, 0.25) is 5.89 Å². The minimum Gasteiger partial charge on any atom is -0.436 e. The van der Waals surface area contributed by atoms with E-state index in [9.17, 15) is 4.39 Å². The van der Waals surface area contributed by atoms with Crippen molar-refractivity contribution in [3.05, 3.63) is 52.6 Å². The number of halogens is 2. The lowest BCUT2D eigenvalue weighted by molar-refractivity contribution is 0.587. The second-order valence-electron chi connectivity index (χ2n) is 4.02. The summed E-state index contributed by atoms with van der Waals surface area (Å²) in [5.41, 5.74) is 8.10. The number of rotatable bonds is 3. The molecule has 0 spiro atoms. The molecule has 3 nitrogen and oxygen atoms in total. The smallest absolute Gasteiger partial charge is 0.227 e. The van der Waals surface area contributed by atoms with Gasteiger partial charge in [-0.05, 0) is 35.7 Å². The fraction of sp³-hybridized carbons (Fsp3) is 0.0714. The fourth-order valence-electron chi connectivity index (χ4n) is 1.83. The van der Waals surface area contributed by atoms with Gasteiger partial charge in [-0.3, -0.25) is 0 Å². The summed E-state index contributed by atoms with van der Waals surface area (Å²) < 4.78 is 18.7. The van der Waals surface area contributed by atoms with Crippen molar-refractivity contribution in [2.45, 2.75) is 6.54 Å². The van der Waals surface area contributed by atoms with E-state index in [2.05, 4.69) is 4.98 Å². The van der Waals surface area contributed by atoms with Gasteiger partial charge >= 0.3 is 0 Å². The van der Waals surface area contributed by atoms with Crippen LogP contribution in [0.1, 0.15) is 5.69 Å². The highest BCUT2D eigenvalue weighted by molar-refractivity contribution is 7.08. The predicted molar refractivity (Wildman–Crippen MR) is 80.3 cm³/mol.